The second-order valence-electron chi connectivity index (χ2n) is 8.43. The van der Waals surface area contributed by atoms with E-state index < -0.39 is 5.92 Å². The molecule has 0 amide bonds. The van der Waals surface area contributed by atoms with E-state index in [2.05, 4.69) is 28.2 Å². The van der Waals surface area contributed by atoms with Crippen LogP contribution in [0.3, 0.4) is 0 Å². The van der Waals surface area contributed by atoms with E-state index >= 15 is 0 Å². The van der Waals surface area contributed by atoms with Crippen LogP contribution in [0.2, 0.25) is 0 Å². The van der Waals surface area contributed by atoms with Crippen molar-refractivity contribution in [1.82, 2.24) is 14.6 Å². The van der Waals surface area contributed by atoms with Crippen molar-refractivity contribution >= 4 is 23.2 Å². The van der Waals surface area contributed by atoms with E-state index in [1.54, 1.807) is 13.8 Å². The molecular formula is C23H26N5O2+. The van der Waals surface area contributed by atoms with Crippen LogP contribution in [0.4, 0.5) is 5.82 Å². The van der Waals surface area contributed by atoms with Gasteiger partial charge in [0.2, 0.25) is 0 Å². The van der Waals surface area contributed by atoms with E-state index in [9.17, 15) is 4.79 Å². The molecule has 2 heterocycles. The first kappa shape index (κ1) is 19.0. The number of nitrogens with two attached hydrogens (primary N) is 2. The number of rotatable bonds is 4. The van der Waals surface area contributed by atoms with Crippen LogP contribution in [0.15, 0.2) is 24.5 Å². The zero-order valence-electron chi connectivity index (χ0n) is 17.3. The molecule has 7 heteroatoms. The van der Waals surface area contributed by atoms with Crippen molar-refractivity contribution in [2.45, 2.75) is 45.1 Å². The zero-order valence-corrected chi connectivity index (χ0v) is 17.3. The van der Waals surface area contributed by atoms with Gasteiger partial charge in [0, 0.05) is 6.04 Å². The lowest BCUT2D eigenvalue weighted by molar-refractivity contribution is -0.145. The van der Waals surface area contributed by atoms with Crippen molar-refractivity contribution in [3.8, 4) is 0 Å². The van der Waals surface area contributed by atoms with E-state index in [0.29, 0.717) is 46.9 Å². The number of aromatic nitrogens is 2. The number of nitrogens with zero attached hydrogens (tertiary/aromatic N) is 3. The van der Waals surface area contributed by atoms with Crippen LogP contribution in [-0.4, -0.2) is 40.0 Å². The summed E-state index contributed by atoms with van der Waals surface area (Å²) in [5.74, 6) is 0.681. The van der Waals surface area contributed by atoms with Gasteiger partial charge in [-0.3, -0.25) is 4.79 Å². The summed E-state index contributed by atoms with van der Waals surface area (Å²) < 4.78 is 10.0. The monoisotopic (exact) mass is 404 g/mol. The summed E-state index contributed by atoms with van der Waals surface area (Å²) in [5.41, 5.74) is 18.9. The molecule has 0 radical (unpaired) electrons. The Morgan fingerprint density at radius 3 is 2.90 bits per heavy atom. The van der Waals surface area contributed by atoms with Crippen molar-refractivity contribution in [3.63, 3.8) is 0 Å². The normalized spacial score (nSPS) is 24.6. The SMILES string of the molecule is CCOC(=O)C(C)C1=[N+]=C(c2ccc3c(c2)C[C@H](N)C2CCC32)c2c(N)ncnc21. The fourth-order valence-electron chi connectivity index (χ4n) is 5.07. The Hall–Kier alpha value is -3.02. The van der Waals surface area contributed by atoms with Crippen LogP contribution in [0.25, 0.3) is 0 Å². The van der Waals surface area contributed by atoms with Crippen LogP contribution in [0.5, 0.6) is 0 Å². The number of esters is 1. The standard InChI is InChI=1S/C23H25N5O2/c1-3-30-23(29)11(2)19-21-18(22(25)27-10-26-21)20(28-19)12-4-5-14-13(8-12)9-17(24)16-7-6-15(14)16/h4-5,8,10-11,15-17,25H,3,6-7,9,24H2,1-2H3/p+1/t11?,15?,16?,17-/m0/s1. The molecule has 1 fully saturated rings. The van der Waals surface area contributed by atoms with Crippen molar-refractivity contribution in [3.05, 3.63) is 52.5 Å². The molecule has 0 spiro atoms. The maximum Gasteiger partial charge on any atom is 0.348 e. The molecule has 2 aliphatic carbocycles. The minimum Gasteiger partial charge on any atom is -0.465 e. The third kappa shape index (κ3) is 2.77. The zero-order chi connectivity index (χ0) is 21.0. The number of nitrogen functional groups attached to an aromatic ring is 1. The van der Waals surface area contributed by atoms with Crippen molar-refractivity contribution in [2.24, 2.45) is 17.6 Å². The first-order chi connectivity index (χ1) is 14.5. The van der Waals surface area contributed by atoms with Gasteiger partial charge >= 0.3 is 17.4 Å². The molecule has 1 aliphatic heterocycles. The molecule has 2 aromatic rings. The van der Waals surface area contributed by atoms with Crippen molar-refractivity contribution in [2.75, 3.05) is 12.3 Å². The molecule has 5 rings (SSSR count). The Labute approximate surface area is 175 Å². The van der Waals surface area contributed by atoms with Gasteiger partial charge in [-0.1, -0.05) is 10.7 Å². The lowest BCUT2D eigenvalue weighted by atomic mass is 9.61. The highest BCUT2D eigenvalue weighted by Gasteiger charge is 2.44. The van der Waals surface area contributed by atoms with Crippen LogP contribution >= 0.6 is 0 Å². The van der Waals surface area contributed by atoms with E-state index in [0.717, 1.165) is 12.0 Å². The van der Waals surface area contributed by atoms with Gasteiger partial charge in [0.15, 0.2) is 11.6 Å². The van der Waals surface area contributed by atoms with Gasteiger partial charge in [0.1, 0.15) is 17.7 Å². The second-order valence-corrected chi connectivity index (χ2v) is 8.43. The molecular weight excluding hydrogens is 378 g/mol. The lowest BCUT2D eigenvalue weighted by Gasteiger charge is -2.45. The van der Waals surface area contributed by atoms with E-state index in [1.807, 2.05) is 0 Å². The van der Waals surface area contributed by atoms with Gasteiger partial charge in [0.25, 0.3) is 0 Å². The quantitative estimate of drug-likeness (QED) is 0.586. The lowest BCUT2D eigenvalue weighted by Crippen LogP contribution is -2.45. The van der Waals surface area contributed by atoms with Gasteiger partial charge in [-0.15, -0.1) is 0 Å². The molecule has 1 aromatic heterocycles. The smallest absolute Gasteiger partial charge is 0.348 e. The molecule has 1 saturated carbocycles. The molecule has 7 nitrogen and oxygen atoms in total. The van der Waals surface area contributed by atoms with Crippen LogP contribution in [-0.2, 0) is 16.0 Å². The Balaban J connectivity index is 1.62. The fraction of sp³-hybridized carbons (Fsp3) is 0.435. The number of anilines is 1. The third-order valence-electron chi connectivity index (χ3n) is 6.79. The number of ether oxygens (including phenoxy) is 1. The third-order valence-corrected chi connectivity index (χ3v) is 6.79. The number of carbonyl (C=O) groups is 1. The van der Waals surface area contributed by atoms with Crippen molar-refractivity contribution in [1.29, 1.82) is 0 Å². The maximum atomic E-state index is 12.4. The number of fused-ring (bicyclic) bond motifs is 4. The summed E-state index contributed by atoms with van der Waals surface area (Å²) in [6.45, 7) is 3.89. The maximum absolute atomic E-state index is 12.4. The number of hydrogen-bond donors (Lipinski definition) is 2. The molecule has 0 bridgehead atoms. The molecule has 4 atom stereocenters. The van der Waals surface area contributed by atoms with E-state index in [4.69, 9.17) is 20.9 Å². The van der Waals surface area contributed by atoms with Gasteiger partial charge in [0.05, 0.1) is 12.2 Å². The van der Waals surface area contributed by atoms with Crippen LogP contribution < -0.4 is 16.1 Å². The minimum atomic E-state index is -0.544. The molecule has 1 aromatic carbocycles. The number of carbonyl (C=O) groups excluding carboxylic acids is 1. The summed E-state index contributed by atoms with van der Waals surface area (Å²) in [6, 6.07) is 6.70. The first-order valence-corrected chi connectivity index (χ1v) is 10.6. The summed E-state index contributed by atoms with van der Waals surface area (Å²) in [6.07, 6.45) is 4.73. The summed E-state index contributed by atoms with van der Waals surface area (Å²) >= 11 is 0. The van der Waals surface area contributed by atoms with E-state index in [-0.39, 0.29) is 12.0 Å². The topological polar surface area (TPSA) is 118 Å². The van der Waals surface area contributed by atoms with Gasteiger partial charge in [-0.2, -0.15) is 0 Å². The van der Waals surface area contributed by atoms with Gasteiger partial charge in [-0.05, 0) is 68.2 Å². The molecule has 4 N–H and O–H groups in total. The summed E-state index contributed by atoms with van der Waals surface area (Å²) in [4.78, 5) is 20.9. The molecule has 0 saturated heterocycles. The fourth-order valence-corrected chi connectivity index (χ4v) is 5.07. The molecule has 3 aliphatic rings. The van der Waals surface area contributed by atoms with E-state index in [1.165, 1.54) is 30.3 Å². The Morgan fingerprint density at radius 2 is 2.17 bits per heavy atom. The summed E-state index contributed by atoms with van der Waals surface area (Å²) in [7, 11) is 0. The Kier molecular flexibility index (Phi) is 4.45. The van der Waals surface area contributed by atoms with Crippen molar-refractivity contribution < 1.29 is 9.53 Å². The minimum absolute atomic E-state index is 0.212. The average molecular weight is 404 g/mol. The highest BCUT2D eigenvalue weighted by Crippen LogP contribution is 2.49. The largest absolute Gasteiger partial charge is 0.465 e. The van der Waals surface area contributed by atoms with Crippen LogP contribution in [0.1, 0.15) is 60.6 Å². The second kappa shape index (κ2) is 7.04. The summed E-state index contributed by atoms with van der Waals surface area (Å²) in [5, 5.41) is 0. The highest BCUT2D eigenvalue weighted by molar-refractivity contribution is 6.28. The average Bonchev–Trinajstić information content (AvgIpc) is 3.08. The predicted octanol–water partition coefficient (Wildman–Crippen LogP) is 1.34. The van der Waals surface area contributed by atoms with Gasteiger partial charge < -0.3 is 16.2 Å². The Morgan fingerprint density at radius 1 is 1.33 bits per heavy atom. The van der Waals surface area contributed by atoms with Gasteiger partial charge in [-0.25, -0.2) is 9.97 Å². The Bertz CT molecular complexity index is 1120. The first-order valence-electron chi connectivity index (χ1n) is 10.6. The molecule has 3 unspecified atom stereocenters. The number of hydrogen-bond acceptors (Lipinski definition) is 6. The molecule has 154 valence electrons. The van der Waals surface area contributed by atoms with Crippen LogP contribution in [0, 0.1) is 11.8 Å². The number of benzene rings is 1. The highest BCUT2D eigenvalue weighted by atomic mass is 16.5. The predicted molar refractivity (Wildman–Crippen MR) is 115 cm³/mol. The molecule has 30 heavy (non-hydrogen) atoms.